The average Bonchev–Trinajstić information content (AvgIpc) is 3.23. The fourth-order valence-corrected chi connectivity index (χ4v) is 3.09. The molecule has 21 heavy (non-hydrogen) atoms. The fraction of sp³-hybridized carbons (Fsp3) is 0.812. The number of nitrogens with zero attached hydrogens (tertiary/aromatic N) is 4. The van der Waals surface area contributed by atoms with Crippen molar-refractivity contribution in [3.8, 4) is 12.3 Å². The van der Waals surface area contributed by atoms with Crippen molar-refractivity contribution in [3.05, 3.63) is 0 Å². The lowest BCUT2D eigenvalue weighted by atomic mass is 9.96. The fourth-order valence-electron chi connectivity index (χ4n) is 3.09. The number of carbonyl (C=O) groups is 1. The molecule has 1 saturated heterocycles. The van der Waals surface area contributed by atoms with Crippen LogP contribution in [-0.2, 0) is 4.79 Å². The molecule has 0 aliphatic carbocycles. The van der Waals surface area contributed by atoms with Crippen LogP contribution in [0.1, 0.15) is 38.5 Å². The molecule has 0 spiro atoms. The summed E-state index contributed by atoms with van der Waals surface area (Å²) in [5.41, 5.74) is -0.332. The molecule has 1 unspecified atom stereocenters. The van der Waals surface area contributed by atoms with Gasteiger partial charge in [-0.25, -0.2) is 0 Å². The highest BCUT2D eigenvalue weighted by molar-refractivity contribution is 5.76. The molecule has 2 rings (SSSR count). The Morgan fingerprint density at radius 3 is 2.81 bits per heavy atom. The third-order valence-electron chi connectivity index (χ3n) is 4.29. The van der Waals surface area contributed by atoms with E-state index in [1.54, 1.807) is 0 Å². The summed E-state index contributed by atoms with van der Waals surface area (Å²) in [6.07, 6.45) is 10.3. The van der Waals surface area contributed by atoms with Crippen LogP contribution in [-0.4, -0.2) is 55.1 Å². The van der Waals surface area contributed by atoms with E-state index in [2.05, 4.69) is 35.1 Å². The van der Waals surface area contributed by atoms with Crippen LogP contribution in [0.2, 0.25) is 0 Å². The number of terminal acetylenes is 1. The maximum absolute atomic E-state index is 12.4. The third-order valence-corrected chi connectivity index (χ3v) is 4.29. The SMILES string of the molecule is C#CCCC1(CCC(=O)N2CCCC(CN(C)C)C2)N=N1. The number of likely N-dealkylation sites (tertiary alicyclic amines) is 1. The summed E-state index contributed by atoms with van der Waals surface area (Å²) in [6, 6.07) is 0. The molecule has 0 bridgehead atoms. The molecule has 2 aliphatic heterocycles. The van der Waals surface area contributed by atoms with Gasteiger partial charge < -0.3 is 9.80 Å². The largest absolute Gasteiger partial charge is 0.342 e. The van der Waals surface area contributed by atoms with Crippen molar-refractivity contribution in [1.82, 2.24) is 9.80 Å². The van der Waals surface area contributed by atoms with Crippen LogP contribution in [0.25, 0.3) is 0 Å². The van der Waals surface area contributed by atoms with Crippen LogP contribution in [0.5, 0.6) is 0 Å². The van der Waals surface area contributed by atoms with Gasteiger partial charge in [0.2, 0.25) is 5.91 Å². The van der Waals surface area contributed by atoms with Gasteiger partial charge in [-0.1, -0.05) is 0 Å². The lowest BCUT2D eigenvalue weighted by Crippen LogP contribution is -2.42. The monoisotopic (exact) mass is 290 g/mol. The lowest BCUT2D eigenvalue weighted by Gasteiger charge is -2.34. The molecule has 0 aromatic rings. The van der Waals surface area contributed by atoms with E-state index in [1.807, 2.05) is 4.90 Å². The van der Waals surface area contributed by atoms with Crippen molar-refractivity contribution in [2.24, 2.45) is 16.1 Å². The zero-order chi connectivity index (χ0) is 15.3. The summed E-state index contributed by atoms with van der Waals surface area (Å²) in [5, 5.41) is 8.19. The van der Waals surface area contributed by atoms with Crippen molar-refractivity contribution in [1.29, 1.82) is 0 Å². The topological polar surface area (TPSA) is 48.3 Å². The van der Waals surface area contributed by atoms with E-state index in [0.29, 0.717) is 25.2 Å². The van der Waals surface area contributed by atoms with E-state index in [-0.39, 0.29) is 11.6 Å². The molecular weight excluding hydrogens is 264 g/mol. The van der Waals surface area contributed by atoms with Crippen molar-refractivity contribution < 1.29 is 4.79 Å². The lowest BCUT2D eigenvalue weighted by molar-refractivity contribution is -0.133. The van der Waals surface area contributed by atoms with E-state index in [1.165, 1.54) is 6.42 Å². The normalized spacial score (nSPS) is 23.1. The summed E-state index contributed by atoms with van der Waals surface area (Å²) < 4.78 is 0. The Balaban J connectivity index is 1.74. The third kappa shape index (κ3) is 4.82. The highest BCUT2D eigenvalue weighted by Gasteiger charge is 2.39. The van der Waals surface area contributed by atoms with Gasteiger partial charge in [-0.2, -0.15) is 10.2 Å². The van der Waals surface area contributed by atoms with Crippen LogP contribution in [0.3, 0.4) is 0 Å². The summed E-state index contributed by atoms with van der Waals surface area (Å²) in [5.74, 6) is 3.47. The van der Waals surface area contributed by atoms with Gasteiger partial charge in [-0.3, -0.25) is 4.79 Å². The Morgan fingerprint density at radius 2 is 2.19 bits per heavy atom. The molecule has 0 aromatic carbocycles. The quantitative estimate of drug-likeness (QED) is 0.674. The van der Waals surface area contributed by atoms with Crippen molar-refractivity contribution >= 4 is 5.91 Å². The Labute approximate surface area is 127 Å². The molecule has 5 heteroatoms. The molecule has 5 nitrogen and oxygen atoms in total. The first-order valence-corrected chi connectivity index (χ1v) is 7.85. The maximum Gasteiger partial charge on any atom is 0.222 e. The molecule has 0 N–H and O–H groups in total. The van der Waals surface area contributed by atoms with Crippen molar-refractivity contribution in [2.45, 2.75) is 44.2 Å². The molecule has 1 fully saturated rings. The summed E-state index contributed by atoms with van der Waals surface area (Å²) in [7, 11) is 4.18. The minimum absolute atomic E-state index is 0.246. The van der Waals surface area contributed by atoms with E-state index in [9.17, 15) is 4.79 Å². The predicted octanol–water partition coefficient (Wildman–Crippen LogP) is 2.14. The molecule has 0 saturated carbocycles. The second-order valence-electron chi connectivity index (χ2n) is 6.50. The van der Waals surface area contributed by atoms with E-state index >= 15 is 0 Å². The highest BCUT2D eigenvalue weighted by Crippen LogP contribution is 2.37. The number of hydrogen-bond acceptors (Lipinski definition) is 4. The van der Waals surface area contributed by atoms with Crippen molar-refractivity contribution in [3.63, 3.8) is 0 Å². The number of hydrogen-bond donors (Lipinski definition) is 0. The smallest absolute Gasteiger partial charge is 0.222 e. The minimum Gasteiger partial charge on any atom is -0.342 e. The average molecular weight is 290 g/mol. The van der Waals surface area contributed by atoms with Gasteiger partial charge in [0.05, 0.1) is 0 Å². The minimum atomic E-state index is -0.332. The maximum atomic E-state index is 12.4. The van der Waals surface area contributed by atoms with Crippen LogP contribution < -0.4 is 0 Å². The van der Waals surface area contributed by atoms with E-state index in [0.717, 1.165) is 32.5 Å². The number of piperidine rings is 1. The van der Waals surface area contributed by atoms with Crippen molar-refractivity contribution in [2.75, 3.05) is 33.7 Å². The Kier molecular flexibility index (Phi) is 5.35. The van der Waals surface area contributed by atoms with Crippen LogP contribution >= 0.6 is 0 Å². The van der Waals surface area contributed by atoms with Gasteiger partial charge in [0.25, 0.3) is 0 Å². The number of carbonyl (C=O) groups excluding carboxylic acids is 1. The molecule has 0 aromatic heterocycles. The van der Waals surface area contributed by atoms with E-state index < -0.39 is 0 Å². The number of amides is 1. The molecule has 1 atom stereocenters. The Bertz CT molecular complexity index is 432. The second-order valence-corrected chi connectivity index (χ2v) is 6.50. The first-order valence-electron chi connectivity index (χ1n) is 7.85. The second kappa shape index (κ2) is 7.04. The van der Waals surface area contributed by atoms with Gasteiger partial charge >= 0.3 is 0 Å². The van der Waals surface area contributed by atoms with Crippen LogP contribution in [0.4, 0.5) is 0 Å². The standard InChI is InChI=1S/C16H26N4O/c1-4-5-9-16(17-18-16)10-8-15(21)20-11-6-7-14(13-20)12-19(2)3/h1,14H,5-13H2,2-3H3. The summed E-state index contributed by atoms with van der Waals surface area (Å²) in [4.78, 5) is 16.6. The highest BCUT2D eigenvalue weighted by atomic mass is 16.2. The number of rotatable bonds is 7. The molecule has 2 heterocycles. The van der Waals surface area contributed by atoms with E-state index in [4.69, 9.17) is 6.42 Å². The molecule has 0 radical (unpaired) electrons. The zero-order valence-electron chi connectivity index (χ0n) is 13.2. The molecule has 1 amide bonds. The zero-order valence-corrected chi connectivity index (χ0v) is 13.2. The first-order chi connectivity index (χ1) is 10.0. The first kappa shape index (κ1) is 16.0. The molecule has 2 aliphatic rings. The Hall–Kier alpha value is -1.41. The van der Waals surface area contributed by atoms with Crippen LogP contribution in [0.15, 0.2) is 10.2 Å². The Morgan fingerprint density at radius 1 is 1.43 bits per heavy atom. The van der Waals surface area contributed by atoms with Gasteiger partial charge in [0.15, 0.2) is 5.66 Å². The van der Waals surface area contributed by atoms with Gasteiger partial charge in [0.1, 0.15) is 0 Å². The van der Waals surface area contributed by atoms with Gasteiger partial charge in [0, 0.05) is 45.3 Å². The summed E-state index contributed by atoms with van der Waals surface area (Å²) in [6.45, 7) is 2.84. The summed E-state index contributed by atoms with van der Waals surface area (Å²) >= 11 is 0. The van der Waals surface area contributed by atoms with Crippen LogP contribution in [0, 0.1) is 18.3 Å². The van der Waals surface area contributed by atoms with Gasteiger partial charge in [-0.15, -0.1) is 12.3 Å². The van der Waals surface area contributed by atoms with Gasteiger partial charge in [-0.05, 0) is 32.9 Å². The predicted molar refractivity (Wildman–Crippen MR) is 82.7 cm³/mol. The molecular formula is C16H26N4O. The molecule has 116 valence electrons.